The molecule has 102 heavy (non-hydrogen) atoms. The first-order valence-corrected chi connectivity index (χ1v) is 39.4. The first kappa shape index (κ1) is 92.1. The molecule has 0 aromatic rings. The number of amides is 1. The van der Waals surface area contributed by atoms with E-state index >= 15 is 0 Å². The molecule has 3 aliphatic rings. The van der Waals surface area contributed by atoms with E-state index in [9.17, 15) is 61.0 Å². The summed E-state index contributed by atoms with van der Waals surface area (Å²) in [6.07, 6.45) is 61.4. The van der Waals surface area contributed by atoms with Crippen LogP contribution in [0.15, 0.2) is 134 Å². The molecule has 0 aromatic heterocycles. The first-order valence-electron chi connectivity index (χ1n) is 39.4. The van der Waals surface area contributed by atoms with Gasteiger partial charge in [-0.25, -0.2) is 0 Å². The number of hydrogen-bond donors (Lipinski definition) is 12. The standard InChI is InChI=1S/C83H139NO18/c1-3-5-7-9-11-13-15-17-19-21-23-25-27-29-30-31-32-33-34-35-36-37-39-41-43-45-47-49-51-53-55-57-59-61-71(89)84-66(67(88)60-58-56-54-52-50-48-46-44-42-40-38-28-26-24-22-20-18-16-14-12-10-8-6-4-2)65-97-81-77(95)74(92)79(69(63-86)99-81)102-83-78(96)75(93)80(70(64-87)100-83)101-82-76(94)73(91)72(90)68(62-85)98-82/h5,7,11,13,17,19,23,25,29-30,32-33,35-36,39,41,45,47,50,52,58,60,66-70,72-83,85-88,90-96H,3-4,6,8-10,12,14-16,18,20-22,24,26-28,31,34,37-38,40,42-44,46,48-49,51,53-57,59,61-65H2,1-2H3,(H,84,89)/b7-5-,13-11-,19-17-,25-23-,30-29-,33-32-,36-35-,41-39-,47-45-,52-50+,60-58+. The second-order valence-corrected chi connectivity index (χ2v) is 27.4. The van der Waals surface area contributed by atoms with E-state index in [2.05, 4.69) is 141 Å². The van der Waals surface area contributed by atoms with Gasteiger partial charge in [-0.2, -0.15) is 0 Å². The lowest BCUT2D eigenvalue weighted by atomic mass is 9.96. The summed E-state index contributed by atoms with van der Waals surface area (Å²) >= 11 is 0. The van der Waals surface area contributed by atoms with Crippen molar-refractivity contribution in [3.63, 3.8) is 0 Å². The minimum atomic E-state index is -1.99. The van der Waals surface area contributed by atoms with Crippen LogP contribution < -0.4 is 5.32 Å². The third-order valence-corrected chi connectivity index (χ3v) is 18.7. The molecular formula is C83H139NO18. The number of carbonyl (C=O) groups is 1. The fourth-order valence-electron chi connectivity index (χ4n) is 12.4. The van der Waals surface area contributed by atoms with Gasteiger partial charge in [-0.3, -0.25) is 4.79 Å². The molecular weight excluding hydrogens is 1300 g/mol. The third kappa shape index (κ3) is 41.7. The summed E-state index contributed by atoms with van der Waals surface area (Å²) in [5.41, 5.74) is 0. The van der Waals surface area contributed by atoms with Gasteiger partial charge in [-0.1, -0.05) is 276 Å². The number of aliphatic hydroxyl groups excluding tert-OH is 11. The van der Waals surface area contributed by atoms with Crippen LogP contribution in [-0.2, 0) is 33.2 Å². The summed E-state index contributed by atoms with van der Waals surface area (Å²) < 4.78 is 34.4. The van der Waals surface area contributed by atoms with E-state index in [1.165, 1.54) is 109 Å². The molecule has 0 aliphatic carbocycles. The van der Waals surface area contributed by atoms with Crippen LogP contribution in [0.1, 0.15) is 251 Å². The Morgan fingerprint density at radius 1 is 0.363 bits per heavy atom. The molecule has 584 valence electrons. The highest BCUT2D eigenvalue weighted by atomic mass is 16.8. The van der Waals surface area contributed by atoms with E-state index in [-0.39, 0.29) is 18.9 Å². The molecule has 3 aliphatic heterocycles. The van der Waals surface area contributed by atoms with E-state index in [0.29, 0.717) is 12.8 Å². The Kier molecular flexibility index (Phi) is 56.0. The van der Waals surface area contributed by atoms with Crippen molar-refractivity contribution in [1.82, 2.24) is 5.32 Å². The molecule has 3 fully saturated rings. The van der Waals surface area contributed by atoms with Crippen LogP contribution in [0.3, 0.4) is 0 Å². The van der Waals surface area contributed by atoms with Crippen molar-refractivity contribution in [2.24, 2.45) is 0 Å². The van der Waals surface area contributed by atoms with Crippen molar-refractivity contribution in [2.45, 2.75) is 356 Å². The van der Waals surface area contributed by atoms with Crippen molar-refractivity contribution in [2.75, 3.05) is 26.4 Å². The minimum Gasteiger partial charge on any atom is -0.394 e. The van der Waals surface area contributed by atoms with Crippen LogP contribution in [-0.4, -0.2) is 193 Å². The topological polar surface area (TPSA) is 307 Å². The Labute approximate surface area is 613 Å². The molecule has 19 heteroatoms. The van der Waals surface area contributed by atoms with Crippen LogP contribution in [0.25, 0.3) is 0 Å². The minimum absolute atomic E-state index is 0.204. The number of unbranched alkanes of at least 4 members (excludes halogenated alkanes) is 24. The van der Waals surface area contributed by atoms with Gasteiger partial charge in [0, 0.05) is 6.42 Å². The van der Waals surface area contributed by atoms with Crippen molar-refractivity contribution in [3.05, 3.63) is 134 Å². The molecule has 0 spiro atoms. The predicted molar refractivity (Wildman–Crippen MR) is 406 cm³/mol. The molecule has 3 rings (SSSR count). The van der Waals surface area contributed by atoms with Gasteiger partial charge in [0.2, 0.25) is 5.91 Å². The SMILES string of the molecule is CC/C=C\C/C=C\C/C=C\C/C=C\C/C=C\C/C=C\C/C=C\C/C=C\C/C=C\CCCCCCCC(=O)NC(COC1OC(CO)C(OC2OC(CO)C(OC3OC(CO)C(O)C(O)C3O)C(O)C2O)C(O)C1O)C(O)/C=C/CC/C=C/CCCCCCCCCCCCCCCCCCCC. The molecule has 3 saturated heterocycles. The monoisotopic (exact) mass is 1440 g/mol. The molecule has 0 aromatic carbocycles. The van der Waals surface area contributed by atoms with Crippen molar-refractivity contribution >= 4 is 5.91 Å². The summed E-state index contributed by atoms with van der Waals surface area (Å²) in [5.74, 6) is -0.308. The lowest BCUT2D eigenvalue weighted by molar-refractivity contribution is -0.379. The van der Waals surface area contributed by atoms with Gasteiger partial charge in [0.05, 0.1) is 38.6 Å². The zero-order valence-electron chi connectivity index (χ0n) is 62.3. The van der Waals surface area contributed by atoms with E-state index in [0.717, 1.165) is 109 Å². The largest absolute Gasteiger partial charge is 0.394 e. The van der Waals surface area contributed by atoms with E-state index in [4.69, 9.17) is 28.4 Å². The van der Waals surface area contributed by atoms with Gasteiger partial charge in [0.15, 0.2) is 18.9 Å². The highest BCUT2D eigenvalue weighted by molar-refractivity contribution is 5.76. The van der Waals surface area contributed by atoms with Gasteiger partial charge >= 0.3 is 0 Å². The summed E-state index contributed by atoms with van der Waals surface area (Å²) in [7, 11) is 0. The molecule has 17 atom stereocenters. The Balaban J connectivity index is 1.41. The fourth-order valence-corrected chi connectivity index (χ4v) is 12.4. The molecule has 1 amide bonds. The molecule has 0 saturated carbocycles. The summed E-state index contributed by atoms with van der Waals surface area (Å²) in [6.45, 7) is 1.59. The number of hydrogen-bond acceptors (Lipinski definition) is 18. The normalized spacial score (nSPS) is 26.9. The van der Waals surface area contributed by atoms with Crippen LogP contribution in [0.2, 0.25) is 0 Å². The molecule has 19 nitrogen and oxygen atoms in total. The summed E-state index contributed by atoms with van der Waals surface area (Å²) in [6, 6.07) is -1.01. The van der Waals surface area contributed by atoms with E-state index < -0.39 is 124 Å². The average Bonchev–Trinajstić information content (AvgIpc) is 0.781. The van der Waals surface area contributed by atoms with Crippen LogP contribution >= 0.6 is 0 Å². The Hall–Kier alpha value is -4.07. The molecule has 3 heterocycles. The van der Waals surface area contributed by atoms with Crippen molar-refractivity contribution < 1.29 is 89.4 Å². The number of ether oxygens (including phenoxy) is 6. The van der Waals surface area contributed by atoms with Gasteiger partial charge in [-0.15, -0.1) is 0 Å². The first-order chi connectivity index (χ1) is 49.8. The number of carbonyl (C=O) groups excluding carboxylic acids is 1. The Morgan fingerprint density at radius 3 is 1.10 bits per heavy atom. The number of nitrogens with one attached hydrogen (secondary N) is 1. The molecule has 17 unspecified atom stereocenters. The van der Waals surface area contributed by atoms with Gasteiger partial charge in [-0.05, 0) is 103 Å². The lowest BCUT2D eigenvalue weighted by Gasteiger charge is -2.48. The average molecular weight is 1440 g/mol. The van der Waals surface area contributed by atoms with Crippen LogP contribution in [0.4, 0.5) is 0 Å². The Bertz CT molecular complexity index is 2370. The number of aliphatic hydroxyl groups is 11. The van der Waals surface area contributed by atoms with Crippen molar-refractivity contribution in [1.29, 1.82) is 0 Å². The zero-order chi connectivity index (χ0) is 73.9. The smallest absolute Gasteiger partial charge is 0.220 e. The number of rotatable bonds is 60. The van der Waals surface area contributed by atoms with Crippen LogP contribution in [0.5, 0.6) is 0 Å². The van der Waals surface area contributed by atoms with Crippen molar-refractivity contribution in [3.8, 4) is 0 Å². The zero-order valence-corrected chi connectivity index (χ0v) is 62.3. The van der Waals surface area contributed by atoms with E-state index in [1.807, 2.05) is 6.08 Å². The maximum Gasteiger partial charge on any atom is 0.220 e. The summed E-state index contributed by atoms with van der Waals surface area (Å²) in [5, 5.41) is 121. The molecule has 12 N–H and O–H groups in total. The van der Waals surface area contributed by atoms with Gasteiger partial charge in [0.25, 0.3) is 0 Å². The molecule has 0 bridgehead atoms. The second kappa shape index (κ2) is 62.0. The highest BCUT2D eigenvalue weighted by Gasteiger charge is 2.53. The van der Waals surface area contributed by atoms with Gasteiger partial charge < -0.3 is 89.9 Å². The maximum absolute atomic E-state index is 13.5. The fraction of sp³-hybridized carbons (Fsp3) is 0.723. The van der Waals surface area contributed by atoms with E-state index in [1.54, 1.807) is 6.08 Å². The second-order valence-electron chi connectivity index (χ2n) is 27.4. The van der Waals surface area contributed by atoms with Crippen LogP contribution in [0, 0.1) is 0 Å². The summed E-state index contributed by atoms with van der Waals surface area (Å²) in [4.78, 5) is 13.5. The number of allylic oxidation sites excluding steroid dienone is 21. The predicted octanol–water partition coefficient (Wildman–Crippen LogP) is 12.9. The molecule has 0 radical (unpaired) electrons. The Morgan fingerprint density at radius 2 is 0.686 bits per heavy atom. The van der Waals surface area contributed by atoms with Gasteiger partial charge in [0.1, 0.15) is 73.2 Å². The quantitative estimate of drug-likeness (QED) is 0.0199. The lowest BCUT2D eigenvalue weighted by Crippen LogP contribution is -2.66. The maximum atomic E-state index is 13.5. The highest BCUT2D eigenvalue weighted by Crippen LogP contribution is 2.33. The third-order valence-electron chi connectivity index (χ3n) is 18.7.